The van der Waals surface area contributed by atoms with Crippen LogP contribution in [-0.2, 0) is 0 Å². The van der Waals surface area contributed by atoms with Crippen molar-refractivity contribution in [2.45, 2.75) is 38.5 Å². The van der Waals surface area contributed by atoms with Gasteiger partial charge < -0.3 is 9.80 Å². The average Bonchev–Trinajstić information content (AvgIpc) is 2.30. The summed E-state index contributed by atoms with van der Waals surface area (Å²) in [5.74, 6) is 1.76. The van der Waals surface area contributed by atoms with Crippen molar-refractivity contribution < 1.29 is 0 Å². The monoisotopic (exact) mass is 260 g/mol. The maximum absolute atomic E-state index is 5.67. The Hall–Kier alpha value is 0.210. The van der Waals surface area contributed by atoms with E-state index in [1.807, 2.05) is 0 Å². The number of rotatable bonds is 8. The maximum atomic E-state index is 5.67. The molecule has 0 amide bonds. The van der Waals surface area contributed by atoms with Gasteiger partial charge in [-0.3, -0.25) is 0 Å². The number of piperidine rings is 1. The van der Waals surface area contributed by atoms with Crippen molar-refractivity contribution in [3.05, 3.63) is 0 Å². The smallest absolute Gasteiger partial charge is 0.0223 e. The standard InChI is InChI=1S/C14H29ClN2/c1-16(2)13-14-7-11-17(12-8-14)10-6-4-3-5-9-15/h14H,3-13H2,1-2H3. The van der Waals surface area contributed by atoms with Gasteiger partial charge in [0, 0.05) is 12.4 Å². The number of likely N-dealkylation sites (tertiary alicyclic amines) is 1. The summed E-state index contributed by atoms with van der Waals surface area (Å²) in [5, 5.41) is 0. The zero-order valence-electron chi connectivity index (χ0n) is 11.6. The molecule has 0 aromatic carbocycles. The Morgan fingerprint density at radius 1 is 1.06 bits per heavy atom. The molecular formula is C14H29ClN2. The van der Waals surface area contributed by atoms with Crippen LogP contribution in [0.1, 0.15) is 38.5 Å². The van der Waals surface area contributed by atoms with Gasteiger partial charge in [-0.2, -0.15) is 0 Å². The van der Waals surface area contributed by atoms with E-state index < -0.39 is 0 Å². The minimum atomic E-state index is 0.829. The lowest BCUT2D eigenvalue weighted by Crippen LogP contribution is -2.37. The van der Waals surface area contributed by atoms with E-state index in [0.717, 1.165) is 11.8 Å². The van der Waals surface area contributed by atoms with Gasteiger partial charge in [-0.15, -0.1) is 11.6 Å². The Labute approximate surface area is 112 Å². The van der Waals surface area contributed by atoms with Crippen LogP contribution in [-0.4, -0.2) is 56.0 Å². The molecule has 1 saturated heterocycles. The van der Waals surface area contributed by atoms with Crippen LogP contribution in [0, 0.1) is 5.92 Å². The number of unbranched alkanes of at least 4 members (excludes halogenated alkanes) is 3. The van der Waals surface area contributed by atoms with Crippen LogP contribution >= 0.6 is 11.6 Å². The molecule has 0 aromatic rings. The molecule has 0 N–H and O–H groups in total. The van der Waals surface area contributed by atoms with Crippen molar-refractivity contribution in [1.29, 1.82) is 0 Å². The van der Waals surface area contributed by atoms with Crippen LogP contribution in [0.3, 0.4) is 0 Å². The lowest BCUT2D eigenvalue weighted by atomic mass is 9.96. The van der Waals surface area contributed by atoms with E-state index in [9.17, 15) is 0 Å². The third-order valence-corrected chi connectivity index (χ3v) is 3.96. The van der Waals surface area contributed by atoms with Crippen molar-refractivity contribution in [3.8, 4) is 0 Å². The van der Waals surface area contributed by atoms with Gasteiger partial charge >= 0.3 is 0 Å². The fourth-order valence-corrected chi connectivity index (χ4v) is 2.88. The van der Waals surface area contributed by atoms with Gasteiger partial charge in [0.2, 0.25) is 0 Å². The van der Waals surface area contributed by atoms with E-state index in [4.69, 9.17) is 11.6 Å². The quantitative estimate of drug-likeness (QED) is 0.489. The van der Waals surface area contributed by atoms with E-state index in [-0.39, 0.29) is 0 Å². The highest BCUT2D eigenvalue weighted by atomic mass is 35.5. The molecular weight excluding hydrogens is 232 g/mol. The molecule has 1 rings (SSSR count). The van der Waals surface area contributed by atoms with Crippen LogP contribution in [0.2, 0.25) is 0 Å². The van der Waals surface area contributed by atoms with E-state index in [1.54, 1.807) is 0 Å². The Kier molecular flexibility index (Phi) is 8.25. The van der Waals surface area contributed by atoms with Crippen LogP contribution in [0.25, 0.3) is 0 Å². The minimum Gasteiger partial charge on any atom is -0.309 e. The fraction of sp³-hybridized carbons (Fsp3) is 1.00. The Balaban J connectivity index is 1.99. The molecule has 1 aliphatic heterocycles. The topological polar surface area (TPSA) is 6.48 Å². The predicted octanol–water partition coefficient (Wildman–Crippen LogP) is 3.06. The summed E-state index contributed by atoms with van der Waals surface area (Å²) >= 11 is 5.67. The second-order valence-corrected chi connectivity index (χ2v) is 6.03. The number of nitrogens with zero attached hydrogens (tertiary/aromatic N) is 2. The van der Waals surface area contributed by atoms with Gasteiger partial charge in [-0.1, -0.05) is 12.8 Å². The molecule has 0 bridgehead atoms. The number of hydrogen-bond acceptors (Lipinski definition) is 2. The van der Waals surface area contributed by atoms with Crippen LogP contribution < -0.4 is 0 Å². The zero-order valence-corrected chi connectivity index (χ0v) is 12.4. The molecule has 0 atom stereocenters. The number of hydrogen-bond donors (Lipinski definition) is 0. The molecule has 1 heterocycles. The summed E-state index contributed by atoms with van der Waals surface area (Å²) in [7, 11) is 4.37. The first-order chi connectivity index (χ1) is 8.22. The predicted molar refractivity (Wildman–Crippen MR) is 76.9 cm³/mol. The molecule has 17 heavy (non-hydrogen) atoms. The molecule has 0 saturated carbocycles. The third-order valence-electron chi connectivity index (χ3n) is 3.69. The van der Waals surface area contributed by atoms with E-state index >= 15 is 0 Å². The minimum absolute atomic E-state index is 0.829. The van der Waals surface area contributed by atoms with Gasteiger partial charge in [0.05, 0.1) is 0 Å². The fourth-order valence-electron chi connectivity index (χ4n) is 2.69. The largest absolute Gasteiger partial charge is 0.309 e. The first kappa shape index (κ1) is 15.3. The molecule has 3 heteroatoms. The van der Waals surface area contributed by atoms with Crippen molar-refractivity contribution in [3.63, 3.8) is 0 Å². The third kappa shape index (κ3) is 7.28. The van der Waals surface area contributed by atoms with Crippen molar-refractivity contribution in [1.82, 2.24) is 9.80 Å². The highest BCUT2D eigenvalue weighted by Crippen LogP contribution is 2.18. The summed E-state index contributed by atoms with van der Waals surface area (Å²) < 4.78 is 0. The van der Waals surface area contributed by atoms with Gasteiger partial charge in [-0.05, 0) is 65.3 Å². The molecule has 0 unspecified atom stereocenters. The molecule has 0 radical (unpaired) electrons. The van der Waals surface area contributed by atoms with Gasteiger partial charge in [0.1, 0.15) is 0 Å². The molecule has 1 aliphatic rings. The van der Waals surface area contributed by atoms with Gasteiger partial charge in [0.25, 0.3) is 0 Å². The van der Waals surface area contributed by atoms with Crippen molar-refractivity contribution >= 4 is 11.6 Å². The average molecular weight is 261 g/mol. The number of halogens is 1. The van der Waals surface area contributed by atoms with Gasteiger partial charge in [0.15, 0.2) is 0 Å². The Bertz CT molecular complexity index is 177. The van der Waals surface area contributed by atoms with Crippen LogP contribution in [0.5, 0.6) is 0 Å². The SMILES string of the molecule is CN(C)CC1CCN(CCCCCCCl)CC1. The van der Waals surface area contributed by atoms with Crippen LogP contribution in [0.15, 0.2) is 0 Å². The molecule has 0 spiro atoms. The zero-order chi connectivity index (χ0) is 12.5. The van der Waals surface area contributed by atoms with E-state index in [1.165, 1.54) is 64.7 Å². The Morgan fingerprint density at radius 2 is 1.71 bits per heavy atom. The summed E-state index contributed by atoms with van der Waals surface area (Å²) in [6.07, 6.45) is 7.98. The molecule has 0 aromatic heterocycles. The van der Waals surface area contributed by atoms with E-state index in [0.29, 0.717) is 0 Å². The highest BCUT2D eigenvalue weighted by molar-refractivity contribution is 6.17. The summed E-state index contributed by atoms with van der Waals surface area (Å²) in [6, 6.07) is 0. The van der Waals surface area contributed by atoms with Crippen molar-refractivity contribution in [2.24, 2.45) is 5.92 Å². The highest BCUT2D eigenvalue weighted by Gasteiger charge is 2.18. The van der Waals surface area contributed by atoms with E-state index in [2.05, 4.69) is 23.9 Å². The second kappa shape index (κ2) is 9.18. The first-order valence-corrected chi connectivity index (χ1v) is 7.69. The lowest BCUT2D eigenvalue weighted by molar-refractivity contribution is 0.160. The summed E-state index contributed by atoms with van der Waals surface area (Å²) in [6.45, 7) is 5.20. The van der Waals surface area contributed by atoms with Crippen LogP contribution in [0.4, 0.5) is 0 Å². The maximum Gasteiger partial charge on any atom is 0.0223 e. The first-order valence-electron chi connectivity index (χ1n) is 7.15. The molecule has 0 aliphatic carbocycles. The second-order valence-electron chi connectivity index (χ2n) is 5.65. The molecule has 2 nitrogen and oxygen atoms in total. The number of alkyl halides is 1. The Morgan fingerprint density at radius 3 is 2.29 bits per heavy atom. The molecule has 1 fully saturated rings. The lowest BCUT2D eigenvalue weighted by Gasteiger charge is -2.33. The summed E-state index contributed by atoms with van der Waals surface area (Å²) in [5.41, 5.74) is 0. The van der Waals surface area contributed by atoms with Gasteiger partial charge in [-0.25, -0.2) is 0 Å². The van der Waals surface area contributed by atoms with Crippen molar-refractivity contribution in [2.75, 3.05) is 46.2 Å². The summed E-state index contributed by atoms with van der Waals surface area (Å²) in [4.78, 5) is 4.97. The molecule has 102 valence electrons. The normalized spacial score (nSPS) is 19.1.